The third kappa shape index (κ3) is 2.62. The molecule has 0 N–H and O–H groups in total. The standard InChI is InChI=1S/C12H26O2Si/c1-9(2)15(10(3)4,11(5)6)12(7)14-8-13/h8-12H,1-7H3. The van der Waals surface area contributed by atoms with Crippen LogP contribution in [0, 0.1) is 0 Å². The van der Waals surface area contributed by atoms with Crippen LogP contribution in [0.2, 0.25) is 16.6 Å². The Balaban J connectivity index is 5.21. The zero-order valence-electron chi connectivity index (χ0n) is 11.2. The van der Waals surface area contributed by atoms with Crippen molar-refractivity contribution in [1.82, 2.24) is 0 Å². The summed E-state index contributed by atoms with van der Waals surface area (Å²) >= 11 is 0. The van der Waals surface area contributed by atoms with Gasteiger partial charge in [-0.25, -0.2) is 0 Å². The topological polar surface area (TPSA) is 26.3 Å². The van der Waals surface area contributed by atoms with Gasteiger partial charge in [0.1, 0.15) is 8.07 Å². The van der Waals surface area contributed by atoms with E-state index in [1.807, 2.05) is 0 Å². The third-order valence-corrected chi connectivity index (χ3v) is 11.5. The van der Waals surface area contributed by atoms with Crippen molar-refractivity contribution in [3.63, 3.8) is 0 Å². The summed E-state index contributed by atoms with van der Waals surface area (Å²) in [5.41, 5.74) is 2.00. The van der Waals surface area contributed by atoms with E-state index >= 15 is 0 Å². The first-order valence-corrected chi connectivity index (χ1v) is 8.21. The van der Waals surface area contributed by atoms with Crippen molar-refractivity contribution >= 4 is 14.5 Å². The number of hydrogen-bond acceptors (Lipinski definition) is 2. The first-order chi connectivity index (χ1) is 6.81. The van der Waals surface area contributed by atoms with Crippen molar-refractivity contribution in [2.24, 2.45) is 0 Å². The van der Waals surface area contributed by atoms with Gasteiger partial charge in [0.05, 0.1) is 5.73 Å². The number of hydrogen-bond donors (Lipinski definition) is 0. The van der Waals surface area contributed by atoms with Gasteiger partial charge in [0.15, 0.2) is 0 Å². The molecule has 3 heteroatoms. The minimum atomic E-state index is -1.61. The van der Waals surface area contributed by atoms with Crippen LogP contribution in [0.3, 0.4) is 0 Å². The summed E-state index contributed by atoms with van der Waals surface area (Å²) in [4.78, 5) is 10.5. The summed E-state index contributed by atoms with van der Waals surface area (Å²) in [5.74, 6) is 0. The molecule has 0 aromatic heterocycles. The number of carbonyl (C=O) groups is 1. The molecule has 0 amide bonds. The Kier molecular flexibility index (Phi) is 5.57. The van der Waals surface area contributed by atoms with E-state index in [1.54, 1.807) is 0 Å². The Morgan fingerprint density at radius 3 is 1.40 bits per heavy atom. The van der Waals surface area contributed by atoms with E-state index in [0.29, 0.717) is 23.1 Å². The molecule has 15 heavy (non-hydrogen) atoms. The highest BCUT2D eigenvalue weighted by molar-refractivity contribution is 6.84. The van der Waals surface area contributed by atoms with Crippen molar-refractivity contribution in [1.29, 1.82) is 0 Å². The molecule has 0 aromatic carbocycles. The minimum absolute atomic E-state index is 0.106. The van der Waals surface area contributed by atoms with Gasteiger partial charge in [-0.2, -0.15) is 0 Å². The molecule has 0 rings (SSSR count). The highest BCUT2D eigenvalue weighted by atomic mass is 28.3. The molecular weight excluding hydrogens is 204 g/mol. The van der Waals surface area contributed by atoms with E-state index in [9.17, 15) is 4.79 Å². The predicted octanol–water partition coefficient (Wildman–Crippen LogP) is 3.77. The lowest BCUT2D eigenvalue weighted by Crippen LogP contribution is -2.55. The molecule has 1 atom stereocenters. The van der Waals surface area contributed by atoms with Crippen LogP contribution in [0.25, 0.3) is 0 Å². The van der Waals surface area contributed by atoms with E-state index in [0.717, 1.165) is 0 Å². The summed E-state index contributed by atoms with van der Waals surface area (Å²) in [7, 11) is -1.61. The summed E-state index contributed by atoms with van der Waals surface area (Å²) < 4.78 is 5.27. The quantitative estimate of drug-likeness (QED) is 0.513. The lowest BCUT2D eigenvalue weighted by molar-refractivity contribution is -0.130. The van der Waals surface area contributed by atoms with E-state index in [-0.39, 0.29) is 5.73 Å². The smallest absolute Gasteiger partial charge is 0.293 e. The van der Waals surface area contributed by atoms with E-state index in [4.69, 9.17) is 4.74 Å². The SMILES string of the molecule is CC(C)[Si](C(C)C)(C(C)C)C(C)OC=O. The average molecular weight is 230 g/mol. The fourth-order valence-corrected chi connectivity index (χ4v) is 10.7. The zero-order valence-corrected chi connectivity index (χ0v) is 12.2. The molecule has 0 spiro atoms. The molecule has 0 aliphatic rings. The maximum absolute atomic E-state index is 10.5. The van der Waals surface area contributed by atoms with Crippen LogP contribution in [0.1, 0.15) is 48.5 Å². The van der Waals surface area contributed by atoms with Crippen molar-refractivity contribution in [3.05, 3.63) is 0 Å². The van der Waals surface area contributed by atoms with Gasteiger partial charge < -0.3 is 4.74 Å². The van der Waals surface area contributed by atoms with Crippen LogP contribution in [0.15, 0.2) is 0 Å². The molecule has 0 aromatic rings. The first kappa shape index (κ1) is 14.7. The van der Waals surface area contributed by atoms with Gasteiger partial charge in [0.25, 0.3) is 6.47 Å². The maximum atomic E-state index is 10.5. The molecule has 0 aliphatic carbocycles. The summed E-state index contributed by atoms with van der Waals surface area (Å²) in [6.07, 6.45) is 0. The van der Waals surface area contributed by atoms with Crippen molar-refractivity contribution < 1.29 is 9.53 Å². The van der Waals surface area contributed by atoms with Gasteiger partial charge in [0, 0.05) is 0 Å². The molecule has 0 bridgehead atoms. The molecule has 90 valence electrons. The molecule has 0 fully saturated rings. The van der Waals surface area contributed by atoms with Crippen molar-refractivity contribution in [2.75, 3.05) is 0 Å². The fourth-order valence-electron chi connectivity index (χ4n) is 3.61. The number of rotatable bonds is 6. The van der Waals surface area contributed by atoms with Crippen LogP contribution in [0.5, 0.6) is 0 Å². The Bertz CT molecular complexity index is 178. The van der Waals surface area contributed by atoms with Gasteiger partial charge in [0.2, 0.25) is 0 Å². The van der Waals surface area contributed by atoms with Gasteiger partial charge in [-0.3, -0.25) is 4.79 Å². The number of carbonyl (C=O) groups excluding carboxylic acids is 1. The second-order valence-corrected chi connectivity index (χ2v) is 11.6. The van der Waals surface area contributed by atoms with Gasteiger partial charge >= 0.3 is 0 Å². The molecule has 0 radical (unpaired) electrons. The molecule has 0 saturated carbocycles. The Morgan fingerprint density at radius 2 is 1.20 bits per heavy atom. The highest BCUT2D eigenvalue weighted by Crippen LogP contribution is 2.44. The predicted molar refractivity (Wildman–Crippen MR) is 67.7 cm³/mol. The summed E-state index contributed by atoms with van der Waals surface area (Å²) in [6.45, 7) is 16.3. The fraction of sp³-hybridized carbons (Fsp3) is 0.917. The molecule has 1 unspecified atom stereocenters. The van der Waals surface area contributed by atoms with Crippen LogP contribution < -0.4 is 0 Å². The molecule has 0 saturated heterocycles. The Morgan fingerprint density at radius 1 is 0.867 bits per heavy atom. The summed E-state index contributed by atoms with van der Waals surface area (Å²) in [5, 5.41) is 0. The second-order valence-electron chi connectivity index (χ2n) is 5.34. The monoisotopic (exact) mass is 230 g/mol. The minimum Gasteiger partial charge on any atom is -0.469 e. The summed E-state index contributed by atoms with van der Waals surface area (Å²) in [6, 6.07) is 0. The molecular formula is C12H26O2Si. The van der Waals surface area contributed by atoms with Gasteiger partial charge in [-0.1, -0.05) is 41.5 Å². The second kappa shape index (κ2) is 5.68. The lowest BCUT2D eigenvalue weighted by atomic mass is 10.5. The third-order valence-electron chi connectivity index (χ3n) is 3.96. The molecule has 2 nitrogen and oxygen atoms in total. The van der Waals surface area contributed by atoms with Crippen LogP contribution in [-0.2, 0) is 9.53 Å². The van der Waals surface area contributed by atoms with Crippen LogP contribution in [-0.4, -0.2) is 20.3 Å². The first-order valence-electron chi connectivity index (χ1n) is 5.90. The van der Waals surface area contributed by atoms with Crippen molar-refractivity contribution in [2.45, 2.75) is 70.8 Å². The van der Waals surface area contributed by atoms with Gasteiger partial charge in [-0.05, 0) is 23.5 Å². The highest BCUT2D eigenvalue weighted by Gasteiger charge is 2.48. The number of ether oxygens (including phenoxy) is 1. The van der Waals surface area contributed by atoms with E-state index in [1.165, 1.54) is 0 Å². The maximum Gasteiger partial charge on any atom is 0.293 e. The van der Waals surface area contributed by atoms with Crippen molar-refractivity contribution in [3.8, 4) is 0 Å². The van der Waals surface area contributed by atoms with E-state index < -0.39 is 8.07 Å². The average Bonchev–Trinajstić information content (AvgIpc) is 2.02. The zero-order chi connectivity index (χ0) is 12.2. The Hall–Kier alpha value is -0.313. The molecule has 0 heterocycles. The molecule has 0 aliphatic heterocycles. The normalized spacial score (nSPS) is 14.8. The van der Waals surface area contributed by atoms with Crippen LogP contribution in [0.4, 0.5) is 0 Å². The van der Waals surface area contributed by atoms with Gasteiger partial charge in [-0.15, -0.1) is 0 Å². The largest absolute Gasteiger partial charge is 0.469 e. The lowest BCUT2D eigenvalue weighted by Gasteiger charge is -2.46. The Labute approximate surface area is 95.4 Å². The van der Waals surface area contributed by atoms with Crippen LogP contribution >= 0.6 is 0 Å². The van der Waals surface area contributed by atoms with E-state index in [2.05, 4.69) is 48.5 Å².